The molecule has 7 fully saturated rings. The van der Waals surface area contributed by atoms with Crippen molar-refractivity contribution in [3.8, 4) is 0 Å². The van der Waals surface area contributed by atoms with Gasteiger partial charge in [0.2, 0.25) is 11.9 Å². The average molecular weight is 1160 g/mol. The third kappa shape index (κ3) is 22.5. The van der Waals surface area contributed by atoms with Crippen molar-refractivity contribution in [2.45, 2.75) is 128 Å². The van der Waals surface area contributed by atoms with Crippen LogP contribution < -0.4 is 53.2 Å². The lowest BCUT2D eigenvalue weighted by atomic mass is 9.82. The van der Waals surface area contributed by atoms with Gasteiger partial charge in [0.25, 0.3) is 0 Å². The Morgan fingerprint density at radius 1 is 0.487 bits per heavy atom. The van der Waals surface area contributed by atoms with Crippen molar-refractivity contribution in [1.29, 1.82) is 0 Å². The number of nitrogen functional groups attached to an aromatic ring is 2. The summed E-state index contributed by atoms with van der Waals surface area (Å²) in [6.45, 7) is 16.5. The fourth-order valence-electron chi connectivity index (χ4n) is 13.7. The number of hydrogen-bond acceptors (Lipinski definition) is 18. The maximum atomic E-state index is 11.2. The van der Waals surface area contributed by atoms with Gasteiger partial charge in [-0.1, -0.05) is 25.7 Å². The predicted octanol–water partition coefficient (Wildman–Crippen LogP) is 5.06. The van der Waals surface area contributed by atoms with E-state index >= 15 is 0 Å². The van der Waals surface area contributed by atoms with Crippen LogP contribution in [0.5, 0.6) is 0 Å². The van der Waals surface area contributed by atoms with Crippen LogP contribution in [-0.2, 0) is 9.13 Å². The SMILES string of the molecule is Nc1cc(N2CCN(CCP(=O)(O)O)CC2)nc(NCC2CCC(CNCCCNC3C[C@@H]4CC[C@H]3C4)CC2)n1.Nc1cc(N2CCN(CCP(=O)(O)O)CC2)nc(NCC2CCC(CNCCCNCC3CCCCC3)CC2)n1. The van der Waals surface area contributed by atoms with Gasteiger partial charge in [0.1, 0.15) is 23.3 Å². The summed E-state index contributed by atoms with van der Waals surface area (Å²) in [5, 5.41) is 21.8. The van der Waals surface area contributed by atoms with Crippen LogP contribution >= 0.6 is 15.2 Å². The lowest BCUT2D eigenvalue weighted by Crippen LogP contribution is -2.47. The first-order valence-electron chi connectivity index (χ1n) is 31.3. The zero-order chi connectivity index (χ0) is 56.2. The molecule has 2 aromatic heterocycles. The summed E-state index contributed by atoms with van der Waals surface area (Å²) in [4.78, 5) is 63.3. The van der Waals surface area contributed by atoms with Gasteiger partial charge in [0.15, 0.2) is 0 Å². The van der Waals surface area contributed by atoms with E-state index in [-0.39, 0.29) is 12.3 Å². The van der Waals surface area contributed by atoms with E-state index in [1.54, 1.807) is 0 Å². The van der Waals surface area contributed by atoms with E-state index in [1.807, 2.05) is 12.1 Å². The lowest BCUT2D eigenvalue weighted by Gasteiger charge is -2.35. The molecule has 22 nitrogen and oxygen atoms in total. The Bertz CT molecular complexity index is 2200. The standard InChI is InChI=1S/C28H51N8O3P.C28H53N8O3P/c29-26-18-27(36-12-10-35(11-13-36)14-15-40(37,38)39)34-28(33-26)32-20-22-4-2-21(3-5-22)19-30-8-1-9-31-25-17-23-6-7-24(25)16-23;29-26-19-27(36-15-13-35(14-16-36)17-18-40(37,38)39)34-28(33-26)32-22-25-9-7-24(8-10-25)21-31-12-4-11-30-20-23-5-2-1-3-6-23/h18,21-25,30-31H,1-17,19-20H2,(H2,37,38,39)(H3,29,32,33,34);19,23-25,30-31H,1-18,20-22H2,(H2,37,38,39)(H3,29,32,33,34)/t21?,22?,23-,24+,25?;/m1./s1. The van der Waals surface area contributed by atoms with Crippen LogP contribution in [0.1, 0.15) is 122 Å². The Balaban J connectivity index is 0.000000210. The van der Waals surface area contributed by atoms with Crippen molar-refractivity contribution in [3.05, 3.63) is 12.1 Å². The second kappa shape index (κ2) is 32.3. The zero-order valence-corrected chi connectivity index (χ0v) is 50.1. The molecule has 0 amide bonds. The fourth-order valence-corrected chi connectivity index (χ4v) is 14.8. The van der Waals surface area contributed by atoms with Crippen molar-refractivity contribution in [3.63, 3.8) is 0 Å². The summed E-state index contributed by atoms with van der Waals surface area (Å²) in [5.41, 5.74) is 12.2. The Hall–Kier alpha value is -2.98. The van der Waals surface area contributed by atoms with E-state index in [0.29, 0.717) is 48.5 Å². The van der Waals surface area contributed by atoms with Gasteiger partial charge in [-0.05, 0) is 184 Å². The molecule has 0 spiro atoms. The van der Waals surface area contributed by atoms with Crippen molar-refractivity contribution in [2.24, 2.45) is 41.4 Å². The lowest BCUT2D eigenvalue weighted by molar-refractivity contribution is 0.263. The Labute approximate surface area is 478 Å². The molecule has 7 aliphatic rings. The number of hydrogen-bond donors (Lipinski definition) is 12. The molecule has 0 radical (unpaired) electrons. The topological polar surface area (TPSA) is 304 Å². The monoisotopic (exact) mass is 1160 g/mol. The Morgan fingerprint density at radius 3 is 1.30 bits per heavy atom. The maximum Gasteiger partial charge on any atom is 0.326 e. The van der Waals surface area contributed by atoms with Crippen molar-refractivity contribution in [1.82, 2.24) is 51.0 Å². The molecule has 5 saturated carbocycles. The Kier molecular flexibility index (Phi) is 25.5. The number of piperazine rings is 2. The molecule has 454 valence electrons. The van der Waals surface area contributed by atoms with Crippen LogP contribution in [0, 0.1) is 41.4 Å². The number of nitrogens with two attached hydrogens (primary N) is 2. The minimum absolute atomic E-state index is 0.0986. The van der Waals surface area contributed by atoms with E-state index in [2.05, 4.69) is 61.5 Å². The van der Waals surface area contributed by atoms with Gasteiger partial charge < -0.3 is 72.7 Å². The quantitative estimate of drug-likeness (QED) is 0.0374. The highest BCUT2D eigenvalue weighted by atomic mass is 31.2. The van der Waals surface area contributed by atoms with E-state index < -0.39 is 15.2 Å². The number of nitrogens with zero attached hydrogens (tertiary/aromatic N) is 8. The van der Waals surface area contributed by atoms with E-state index in [4.69, 9.17) is 41.0 Å². The molecule has 9 rings (SSSR count). The summed E-state index contributed by atoms with van der Waals surface area (Å²) >= 11 is 0. The third-order valence-electron chi connectivity index (χ3n) is 18.7. The van der Waals surface area contributed by atoms with Crippen molar-refractivity contribution >= 4 is 50.4 Å². The van der Waals surface area contributed by atoms with Gasteiger partial charge in [-0.25, -0.2) is 0 Å². The molecule has 2 bridgehead atoms. The van der Waals surface area contributed by atoms with Gasteiger partial charge in [-0.15, -0.1) is 0 Å². The van der Waals surface area contributed by atoms with Gasteiger partial charge in [-0.3, -0.25) is 18.9 Å². The normalized spacial score (nSPS) is 26.3. The van der Waals surface area contributed by atoms with E-state index in [1.165, 1.54) is 129 Å². The molecule has 2 aromatic rings. The van der Waals surface area contributed by atoms with Crippen LogP contribution in [0.4, 0.5) is 35.2 Å². The second-order valence-corrected chi connectivity index (χ2v) is 28.5. The molecule has 3 atom stereocenters. The van der Waals surface area contributed by atoms with Crippen LogP contribution in [0.2, 0.25) is 0 Å². The Morgan fingerprint density at radius 2 is 0.900 bits per heavy atom. The largest absolute Gasteiger partial charge is 0.383 e. The van der Waals surface area contributed by atoms with Gasteiger partial charge in [0.05, 0.1) is 12.3 Å². The fraction of sp³-hybridized carbons (Fsp3) is 0.857. The van der Waals surface area contributed by atoms with Gasteiger partial charge in [-0.2, -0.15) is 19.9 Å². The molecule has 24 heteroatoms. The van der Waals surface area contributed by atoms with Gasteiger partial charge in [0, 0.05) is 96.7 Å². The molecule has 14 N–H and O–H groups in total. The summed E-state index contributed by atoms with van der Waals surface area (Å²) in [5.74, 6) is 9.42. The molecule has 1 unspecified atom stereocenters. The number of anilines is 6. The maximum absolute atomic E-state index is 11.2. The van der Waals surface area contributed by atoms with Crippen molar-refractivity contribution < 1.29 is 28.7 Å². The summed E-state index contributed by atoms with van der Waals surface area (Å²) in [6.07, 6.45) is 25.2. The summed E-state index contributed by atoms with van der Waals surface area (Å²) in [6, 6.07) is 4.42. The van der Waals surface area contributed by atoms with Crippen LogP contribution in [0.15, 0.2) is 12.1 Å². The molecular weight excluding hydrogens is 1050 g/mol. The number of nitrogens with one attached hydrogen (secondary N) is 6. The number of fused-ring (bicyclic) bond motifs is 2. The first kappa shape index (κ1) is 63.1. The highest BCUT2D eigenvalue weighted by Crippen LogP contribution is 2.44. The predicted molar refractivity (Wildman–Crippen MR) is 324 cm³/mol. The molecule has 4 heterocycles. The van der Waals surface area contributed by atoms with Crippen LogP contribution in [-0.4, -0.2) is 192 Å². The van der Waals surface area contributed by atoms with Crippen molar-refractivity contribution in [2.75, 3.05) is 169 Å². The molecule has 0 aromatic carbocycles. The molecule has 80 heavy (non-hydrogen) atoms. The highest BCUT2D eigenvalue weighted by molar-refractivity contribution is 7.52. The number of rotatable bonds is 29. The third-order valence-corrected chi connectivity index (χ3v) is 20.3. The van der Waals surface area contributed by atoms with E-state index in [0.717, 1.165) is 152 Å². The first-order valence-corrected chi connectivity index (χ1v) is 34.9. The number of aromatic nitrogens is 4. The molecule has 5 aliphatic carbocycles. The van der Waals surface area contributed by atoms with Crippen LogP contribution in [0.3, 0.4) is 0 Å². The van der Waals surface area contributed by atoms with Gasteiger partial charge >= 0.3 is 15.2 Å². The smallest absolute Gasteiger partial charge is 0.326 e. The summed E-state index contributed by atoms with van der Waals surface area (Å²) < 4.78 is 22.3. The molecular formula is C56H104N16O6P2. The highest BCUT2D eigenvalue weighted by Gasteiger charge is 2.39. The molecule has 2 aliphatic heterocycles. The van der Waals surface area contributed by atoms with E-state index in [9.17, 15) is 9.13 Å². The minimum Gasteiger partial charge on any atom is -0.383 e. The van der Waals surface area contributed by atoms with Crippen LogP contribution in [0.25, 0.3) is 0 Å². The molecule has 2 saturated heterocycles. The minimum atomic E-state index is -3.96. The second-order valence-electron chi connectivity index (χ2n) is 25.0. The summed E-state index contributed by atoms with van der Waals surface area (Å²) in [7, 11) is -7.92. The first-order chi connectivity index (χ1) is 38.6. The zero-order valence-electron chi connectivity index (χ0n) is 48.3. The average Bonchev–Trinajstić information content (AvgIpc) is 4.09.